The van der Waals surface area contributed by atoms with Gasteiger partial charge in [0.2, 0.25) is 0 Å². The van der Waals surface area contributed by atoms with E-state index in [4.69, 9.17) is 0 Å². The molecule has 4 atom stereocenters. The van der Waals surface area contributed by atoms with E-state index in [1.54, 1.807) is 0 Å². The largest absolute Gasteiger partial charge is 0.317 e. The Morgan fingerprint density at radius 3 is 2.71 bits per heavy atom. The van der Waals surface area contributed by atoms with Gasteiger partial charge < -0.3 is 10.2 Å². The summed E-state index contributed by atoms with van der Waals surface area (Å²) in [5, 5.41) is 3.56. The first-order valence-corrected chi connectivity index (χ1v) is 8.71. The quantitative estimate of drug-likeness (QED) is 0.911. The summed E-state index contributed by atoms with van der Waals surface area (Å²) in [5.41, 5.74) is 1.53. The van der Waals surface area contributed by atoms with Crippen molar-refractivity contribution in [1.82, 2.24) is 10.2 Å². The van der Waals surface area contributed by atoms with Gasteiger partial charge in [-0.15, -0.1) is 0 Å². The molecule has 0 radical (unpaired) electrons. The molecule has 21 heavy (non-hydrogen) atoms. The highest BCUT2D eigenvalue weighted by Gasteiger charge is 2.31. The fraction of sp³-hybridized carbons (Fsp3) is 0.684. The zero-order chi connectivity index (χ0) is 14.7. The van der Waals surface area contributed by atoms with Crippen LogP contribution in [-0.2, 0) is 0 Å². The van der Waals surface area contributed by atoms with Crippen LogP contribution >= 0.6 is 0 Å². The Morgan fingerprint density at radius 1 is 1.14 bits per heavy atom. The highest BCUT2D eigenvalue weighted by Crippen LogP contribution is 2.32. The number of nitrogens with zero attached hydrogens (tertiary/aromatic N) is 1. The summed E-state index contributed by atoms with van der Waals surface area (Å²) in [5.74, 6) is 2.50. The van der Waals surface area contributed by atoms with E-state index < -0.39 is 0 Å². The molecule has 1 aliphatic carbocycles. The molecule has 2 aliphatic rings. The van der Waals surface area contributed by atoms with E-state index in [2.05, 4.69) is 54.5 Å². The van der Waals surface area contributed by atoms with Gasteiger partial charge in [0.05, 0.1) is 0 Å². The summed E-state index contributed by atoms with van der Waals surface area (Å²) in [7, 11) is 2.14. The lowest BCUT2D eigenvalue weighted by Crippen LogP contribution is -2.43. The van der Waals surface area contributed by atoms with Gasteiger partial charge in [-0.25, -0.2) is 0 Å². The SMILES string of the molecule is CNC1CCC(C)CC1CN1CCC(c2ccccc2)C1. The number of likely N-dealkylation sites (tertiary alicyclic amines) is 1. The molecule has 1 saturated heterocycles. The molecule has 4 unspecified atom stereocenters. The minimum atomic E-state index is 0.733. The second kappa shape index (κ2) is 6.93. The number of rotatable bonds is 4. The van der Waals surface area contributed by atoms with Crippen LogP contribution in [0.1, 0.15) is 44.1 Å². The Morgan fingerprint density at radius 2 is 1.95 bits per heavy atom. The van der Waals surface area contributed by atoms with E-state index in [0.29, 0.717) is 0 Å². The Kier molecular flexibility index (Phi) is 4.97. The Labute approximate surface area is 129 Å². The highest BCUT2D eigenvalue weighted by molar-refractivity contribution is 5.21. The molecule has 0 spiro atoms. The number of hydrogen-bond acceptors (Lipinski definition) is 2. The molecular formula is C19H30N2. The van der Waals surface area contributed by atoms with Crippen molar-refractivity contribution in [2.45, 2.75) is 44.6 Å². The molecule has 1 aromatic rings. The van der Waals surface area contributed by atoms with Gasteiger partial charge in [0, 0.05) is 19.1 Å². The van der Waals surface area contributed by atoms with Gasteiger partial charge in [-0.2, -0.15) is 0 Å². The van der Waals surface area contributed by atoms with E-state index in [-0.39, 0.29) is 0 Å². The third kappa shape index (κ3) is 3.67. The van der Waals surface area contributed by atoms with Gasteiger partial charge in [-0.1, -0.05) is 37.3 Å². The molecule has 3 rings (SSSR count). The predicted molar refractivity (Wildman–Crippen MR) is 89.6 cm³/mol. The fourth-order valence-electron chi connectivity index (χ4n) is 4.41. The fourth-order valence-corrected chi connectivity index (χ4v) is 4.41. The molecule has 0 bridgehead atoms. The van der Waals surface area contributed by atoms with Gasteiger partial charge in [0.15, 0.2) is 0 Å². The van der Waals surface area contributed by atoms with Crippen molar-refractivity contribution >= 4 is 0 Å². The standard InChI is InChI=1S/C19H30N2/c1-15-8-9-19(20-2)18(12-15)14-21-11-10-17(13-21)16-6-4-3-5-7-16/h3-7,15,17-20H,8-14H2,1-2H3. The van der Waals surface area contributed by atoms with Gasteiger partial charge in [0.25, 0.3) is 0 Å². The van der Waals surface area contributed by atoms with Crippen molar-refractivity contribution in [2.75, 3.05) is 26.7 Å². The van der Waals surface area contributed by atoms with Crippen LogP contribution in [0.15, 0.2) is 30.3 Å². The Bertz CT molecular complexity index is 430. The molecule has 0 amide bonds. The number of nitrogens with one attached hydrogen (secondary N) is 1. The van der Waals surface area contributed by atoms with E-state index in [1.807, 2.05) is 0 Å². The van der Waals surface area contributed by atoms with Crippen molar-refractivity contribution in [3.8, 4) is 0 Å². The van der Waals surface area contributed by atoms with Crippen LogP contribution in [0.5, 0.6) is 0 Å². The molecule has 1 aliphatic heterocycles. The monoisotopic (exact) mass is 286 g/mol. The van der Waals surface area contributed by atoms with Crippen molar-refractivity contribution in [2.24, 2.45) is 11.8 Å². The lowest BCUT2D eigenvalue weighted by Gasteiger charge is -2.37. The van der Waals surface area contributed by atoms with E-state index in [1.165, 1.54) is 50.9 Å². The molecule has 2 nitrogen and oxygen atoms in total. The Balaban J connectivity index is 1.56. The summed E-state index contributed by atoms with van der Waals surface area (Å²) in [4.78, 5) is 2.71. The molecule has 1 heterocycles. The van der Waals surface area contributed by atoms with Gasteiger partial charge in [-0.05, 0) is 62.6 Å². The molecule has 2 heteroatoms. The summed E-state index contributed by atoms with van der Waals surface area (Å²) < 4.78 is 0. The molecule has 1 aromatic carbocycles. The normalized spacial score (nSPS) is 34.2. The second-order valence-corrected chi connectivity index (χ2v) is 7.23. The first kappa shape index (κ1) is 15.1. The molecular weight excluding hydrogens is 256 g/mol. The zero-order valence-electron chi connectivity index (χ0n) is 13.6. The minimum Gasteiger partial charge on any atom is -0.317 e. The molecule has 1 N–H and O–H groups in total. The van der Waals surface area contributed by atoms with Crippen molar-refractivity contribution in [1.29, 1.82) is 0 Å². The lowest BCUT2D eigenvalue weighted by molar-refractivity contribution is 0.164. The molecule has 1 saturated carbocycles. The van der Waals surface area contributed by atoms with Crippen LogP contribution in [0, 0.1) is 11.8 Å². The average Bonchev–Trinajstić information content (AvgIpc) is 2.97. The minimum absolute atomic E-state index is 0.733. The third-order valence-electron chi connectivity index (χ3n) is 5.65. The maximum atomic E-state index is 3.56. The molecule has 0 aromatic heterocycles. The zero-order valence-corrected chi connectivity index (χ0v) is 13.6. The van der Waals surface area contributed by atoms with Crippen LogP contribution in [0.3, 0.4) is 0 Å². The average molecular weight is 286 g/mol. The van der Waals surface area contributed by atoms with E-state index in [0.717, 1.165) is 23.8 Å². The van der Waals surface area contributed by atoms with Gasteiger partial charge >= 0.3 is 0 Å². The third-order valence-corrected chi connectivity index (χ3v) is 5.65. The summed E-state index contributed by atoms with van der Waals surface area (Å²) in [6.07, 6.45) is 5.49. The second-order valence-electron chi connectivity index (χ2n) is 7.23. The molecule has 2 fully saturated rings. The lowest BCUT2D eigenvalue weighted by atomic mass is 9.78. The highest BCUT2D eigenvalue weighted by atomic mass is 15.2. The topological polar surface area (TPSA) is 15.3 Å². The number of benzene rings is 1. The smallest absolute Gasteiger partial charge is 0.0105 e. The van der Waals surface area contributed by atoms with Crippen molar-refractivity contribution in [3.63, 3.8) is 0 Å². The first-order chi connectivity index (χ1) is 10.3. The van der Waals surface area contributed by atoms with Crippen LogP contribution in [0.4, 0.5) is 0 Å². The van der Waals surface area contributed by atoms with Crippen LogP contribution in [0.2, 0.25) is 0 Å². The maximum Gasteiger partial charge on any atom is 0.0105 e. The van der Waals surface area contributed by atoms with Crippen molar-refractivity contribution < 1.29 is 0 Å². The van der Waals surface area contributed by atoms with Crippen LogP contribution in [0.25, 0.3) is 0 Å². The predicted octanol–water partition coefficient (Wildman–Crippen LogP) is 3.50. The number of hydrogen-bond donors (Lipinski definition) is 1. The molecule has 116 valence electrons. The summed E-state index contributed by atoms with van der Waals surface area (Å²) in [6, 6.07) is 11.8. The van der Waals surface area contributed by atoms with Crippen LogP contribution in [-0.4, -0.2) is 37.6 Å². The van der Waals surface area contributed by atoms with Crippen molar-refractivity contribution in [3.05, 3.63) is 35.9 Å². The van der Waals surface area contributed by atoms with Crippen LogP contribution < -0.4 is 5.32 Å². The van der Waals surface area contributed by atoms with Gasteiger partial charge in [-0.3, -0.25) is 0 Å². The van der Waals surface area contributed by atoms with Gasteiger partial charge in [0.1, 0.15) is 0 Å². The summed E-state index contributed by atoms with van der Waals surface area (Å²) >= 11 is 0. The van der Waals surface area contributed by atoms with E-state index in [9.17, 15) is 0 Å². The Hall–Kier alpha value is -0.860. The maximum absolute atomic E-state index is 3.56. The van der Waals surface area contributed by atoms with E-state index >= 15 is 0 Å². The first-order valence-electron chi connectivity index (χ1n) is 8.71. The summed E-state index contributed by atoms with van der Waals surface area (Å²) in [6.45, 7) is 6.25.